The van der Waals surface area contributed by atoms with Gasteiger partial charge in [-0.3, -0.25) is 4.79 Å². The lowest BCUT2D eigenvalue weighted by atomic mass is 9.87. The third kappa shape index (κ3) is 4.47. The van der Waals surface area contributed by atoms with Crippen molar-refractivity contribution >= 4 is 29.0 Å². The highest BCUT2D eigenvalue weighted by molar-refractivity contribution is 7.99. The molecule has 0 aromatic carbocycles. The summed E-state index contributed by atoms with van der Waals surface area (Å²) >= 11 is 3.25. The molecular formula is C18H26N4O2S2. The SMILES string of the molecule is CC[C@H]1CCc2sc(-c3nnc(SCC(=O)NCCOC)n3C)cc2C1. The third-order valence-corrected chi connectivity index (χ3v) is 7.03. The Morgan fingerprint density at radius 3 is 3.12 bits per heavy atom. The average molecular weight is 395 g/mol. The standard InChI is InChI=1S/C18H26N4O2S2/c1-4-12-5-6-14-13(9-12)10-15(26-14)17-20-21-18(22(17)2)25-11-16(23)19-7-8-24-3/h10,12H,4-9,11H2,1-3H3,(H,19,23)/t12-/m0/s1. The van der Waals surface area contributed by atoms with E-state index in [0.717, 1.165) is 16.9 Å². The van der Waals surface area contributed by atoms with Crippen molar-refractivity contribution in [1.29, 1.82) is 0 Å². The van der Waals surface area contributed by atoms with E-state index in [1.54, 1.807) is 7.11 Å². The lowest BCUT2D eigenvalue weighted by Gasteiger charge is -2.19. The summed E-state index contributed by atoms with van der Waals surface area (Å²) in [5.74, 6) is 2.01. The zero-order chi connectivity index (χ0) is 18.5. The van der Waals surface area contributed by atoms with Crippen LogP contribution in [0.5, 0.6) is 0 Å². The molecule has 0 unspecified atom stereocenters. The number of rotatable bonds is 8. The van der Waals surface area contributed by atoms with Crippen molar-refractivity contribution in [2.24, 2.45) is 13.0 Å². The molecule has 2 aromatic rings. The van der Waals surface area contributed by atoms with Crippen molar-refractivity contribution in [3.63, 3.8) is 0 Å². The largest absolute Gasteiger partial charge is 0.383 e. The van der Waals surface area contributed by atoms with Crippen LogP contribution in [-0.2, 0) is 29.4 Å². The summed E-state index contributed by atoms with van der Waals surface area (Å²) in [6.07, 6.45) is 4.91. The van der Waals surface area contributed by atoms with Gasteiger partial charge in [0.1, 0.15) is 0 Å². The number of hydrogen-bond acceptors (Lipinski definition) is 6. The van der Waals surface area contributed by atoms with Gasteiger partial charge in [-0.05, 0) is 36.8 Å². The van der Waals surface area contributed by atoms with Gasteiger partial charge in [0.2, 0.25) is 5.91 Å². The van der Waals surface area contributed by atoms with Gasteiger partial charge in [-0.25, -0.2) is 0 Å². The molecule has 0 fully saturated rings. The number of thiophene rings is 1. The highest BCUT2D eigenvalue weighted by Crippen LogP contribution is 2.37. The molecule has 1 N–H and O–H groups in total. The van der Waals surface area contributed by atoms with Crippen LogP contribution in [0.1, 0.15) is 30.2 Å². The molecule has 0 spiro atoms. The summed E-state index contributed by atoms with van der Waals surface area (Å²) < 4.78 is 6.92. The second kappa shape index (κ2) is 9.01. The second-order valence-electron chi connectivity index (χ2n) is 6.57. The lowest BCUT2D eigenvalue weighted by Crippen LogP contribution is -2.28. The summed E-state index contributed by atoms with van der Waals surface area (Å²) in [6, 6.07) is 2.29. The van der Waals surface area contributed by atoms with Crippen LogP contribution in [0.25, 0.3) is 10.7 Å². The van der Waals surface area contributed by atoms with Crippen LogP contribution in [0.15, 0.2) is 11.2 Å². The molecule has 3 rings (SSSR count). The summed E-state index contributed by atoms with van der Waals surface area (Å²) in [5, 5.41) is 12.2. The van der Waals surface area contributed by atoms with Crippen molar-refractivity contribution in [2.45, 2.75) is 37.8 Å². The molecule has 1 atom stereocenters. The fraction of sp³-hybridized carbons (Fsp3) is 0.611. The fourth-order valence-electron chi connectivity index (χ4n) is 3.19. The van der Waals surface area contributed by atoms with Gasteiger partial charge in [0.25, 0.3) is 0 Å². The minimum absolute atomic E-state index is 0.0196. The molecule has 0 aliphatic heterocycles. The maximum Gasteiger partial charge on any atom is 0.230 e. The van der Waals surface area contributed by atoms with Crippen LogP contribution < -0.4 is 5.32 Å². The van der Waals surface area contributed by atoms with Crippen LogP contribution in [0.4, 0.5) is 0 Å². The maximum absolute atomic E-state index is 11.8. The van der Waals surface area contributed by atoms with Crippen LogP contribution >= 0.6 is 23.1 Å². The van der Waals surface area contributed by atoms with Crippen LogP contribution in [-0.4, -0.2) is 46.7 Å². The molecule has 6 nitrogen and oxygen atoms in total. The minimum atomic E-state index is -0.0196. The molecule has 0 saturated carbocycles. The Morgan fingerprint density at radius 1 is 1.50 bits per heavy atom. The Hall–Kier alpha value is -1.38. The molecule has 1 aliphatic carbocycles. The zero-order valence-corrected chi connectivity index (χ0v) is 17.2. The topological polar surface area (TPSA) is 69.0 Å². The average Bonchev–Trinajstić information content (AvgIpc) is 3.22. The van der Waals surface area contributed by atoms with Gasteiger partial charge in [-0.2, -0.15) is 0 Å². The molecule has 0 radical (unpaired) electrons. The summed E-state index contributed by atoms with van der Waals surface area (Å²) in [5.41, 5.74) is 1.48. The van der Waals surface area contributed by atoms with E-state index in [0.29, 0.717) is 18.9 Å². The number of ether oxygens (including phenoxy) is 1. The molecule has 1 aliphatic rings. The predicted molar refractivity (Wildman–Crippen MR) is 106 cm³/mol. The Labute approximate surface area is 162 Å². The number of carbonyl (C=O) groups is 1. The van der Waals surface area contributed by atoms with E-state index in [4.69, 9.17) is 4.74 Å². The molecule has 2 aromatic heterocycles. The molecule has 2 heterocycles. The Balaban J connectivity index is 1.64. The molecule has 0 bridgehead atoms. The number of carbonyl (C=O) groups excluding carboxylic acids is 1. The quantitative estimate of drug-likeness (QED) is 0.551. The van der Waals surface area contributed by atoms with Crippen molar-refractivity contribution in [1.82, 2.24) is 20.1 Å². The van der Waals surface area contributed by atoms with Gasteiger partial charge in [0, 0.05) is 25.6 Å². The Bertz CT molecular complexity index is 756. The van der Waals surface area contributed by atoms with E-state index >= 15 is 0 Å². The number of nitrogens with zero attached hydrogens (tertiary/aromatic N) is 3. The zero-order valence-electron chi connectivity index (χ0n) is 15.6. The fourth-order valence-corrected chi connectivity index (χ4v) is 5.16. The molecule has 8 heteroatoms. The van der Waals surface area contributed by atoms with Gasteiger partial charge >= 0.3 is 0 Å². The smallest absolute Gasteiger partial charge is 0.230 e. The summed E-state index contributed by atoms with van der Waals surface area (Å²) in [7, 11) is 3.58. The highest BCUT2D eigenvalue weighted by atomic mass is 32.2. The van der Waals surface area contributed by atoms with Gasteiger partial charge in [0.05, 0.1) is 17.2 Å². The number of nitrogens with one attached hydrogen (secondary N) is 1. The van der Waals surface area contributed by atoms with Crippen molar-refractivity contribution in [2.75, 3.05) is 26.0 Å². The number of hydrogen-bond donors (Lipinski definition) is 1. The van der Waals surface area contributed by atoms with Crippen LogP contribution in [0.3, 0.4) is 0 Å². The van der Waals surface area contributed by atoms with Crippen molar-refractivity contribution < 1.29 is 9.53 Å². The van der Waals surface area contributed by atoms with E-state index in [1.165, 1.54) is 52.8 Å². The first-order chi connectivity index (χ1) is 12.6. The Kier molecular flexibility index (Phi) is 6.72. The monoisotopic (exact) mass is 394 g/mol. The lowest BCUT2D eigenvalue weighted by molar-refractivity contribution is -0.118. The van der Waals surface area contributed by atoms with Gasteiger partial charge < -0.3 is 14.6 Å². The molecular weight excluding hydrogens is 368 g/mol. The minimum Gasteiger partial charge on any atom is -0.383 e. The molecule has 26 heavy (non-hydrogen) atoms. The number of aryl methyl sites for hydroxylation is 1. The number of fused-ring (bicyclic) bond motifs is 1. The van der Waals surface area contributed by atoms with E-state index in [1.807, 2.05) is 23.0 Å². The molecule has 1 amide bonds. The first-order valence-corrected chi connectivity index (χ1v) is 10.8. The normalized spacial score (nSPS) is 16.5. The van der Waals surface area contributed by atoms with Gasteiger partial charge in [-0.1, -0.05) is 25.1 Å². The van der Waals surface area contributed by atoms with Crippen LogP contribution in [0.2, 0.25) is 0 Å². The van der Waals surface area contributed by atoms with E-state index in [-0.39, 0.29) is 5.91 Å². The molecule has 142 valence electrons. The number of amides is 1. The van der Waals surface area contributed by atoms with E-state index in [9.17, 15) is 4.79 Å². The summed E-state index contributed by atoms with van der Waals surface area (Å²) in [4.78, 5) is 14.5. The number of aromatic nitrogens is 3. The van der Waals surface area contributed by atoms with Crippen molar-refractivity contribution in [3.8, 4) is 10.7 Å². The van der Waals surface area contributed by atoms with E-state index in [2.05, 4.69) is 28.5 Å². The van der Waals surface area contributed by atoms with E-state index < -0.39 is 0 Å². The molecule has 0 saturated heterocycles. The predicted octanol–water partition coefficient (Wildman–Crippen LogP) is 2.91. The van der Waals surface area contributed by atoms with Crippen molar-refractivity contribution in [3.05, 3.63) is 16.5 Å². The van der Waals surface area contributed by atoms with Gasteiger partial charge in [-0.15, -0.1) is 21.5 Å². The first-order valence-electron chi connectivity index (χ1n) is 9.02. The Morgan fingerprint density at radius 2 is 2.35 bits per heavy atom. The second-order valence-corrected chi connectivity index (χ2v) is 8.65. The first kappa shape index (κ1) is 19.4. The third-order valence-electron chi connectivity index (χ3n) is 4.78. The number of methoxy groups -OCH3 is 1. The number of thioether (sulfide) groups is 1. The maximum atomic E-state index is 11.8. The van der Waals surface area contributed by atoms with Crippen LogP contribution in [0, 0.1) is 5.92 Å². The van der Waals surface area contributed by atoms with Gasteiger partial charge in [0.15, 0.2) is 11.0 Å². The highest BCUT2D eigenvalue weighted by Gasteiger charge is 2.22. The summed E-state index contributed by atoms with van der Waals surface area (Å²) in [6.45, 7) is 3.33.